The van der Waals surface area contributed by atoms with E-state index in [2.05, 4.69) is 17.1 Å². The fourth-order valence-electron chi connectivity index (χ4n) is 3.13. The second-order valence-electron chi connectivity index (χ2n) is 5.47. The van der Waals surface area contributed by atoms with Crippen molar-refractivity contribution in [2.45, 2.75) is 38.6 Å². The lowest BCUT2D eigenvalue weighted by molar-refractivity contribution is -0.127. The molecule has 3 saturated heterocycles. The molecule has 3 fully saturated rings. The van der Waals surface area contributed by atoms with Crippen molar-refractivity contribution in [1.29, 1.82) is 0 Å². The Morgan fingerprint density at radius 1 is 1.47 bits per heavy atom. The largest absolute Gasteiger partial charge is 0.352 e. The van der Waals surface area contributed by atoms with Crippen LogP contribution in [0.25, 0.3) is 0 Å². The van der Waals surface area contributed by atoms with E-state index in [4.69, 9.17) is 5.73 Å². The van der Waals surface area contributed by atoms with Gasteiger partial charge in [-0.3, -0.25) is 4.79 Å². The Hall–Kier alpha value is -0.610. The second-order valence-corrected chi connectivity index (χ2v) is 5.47. The van der Waals surface area contributed by atoms with Gasteiger partial charge in [-0.05, 0) is 38.3 Å². The van der Waals surface area contributed by atoms with Crippen LogP contribution < -0.4 is 11.1 Å². The predicted molar refractivity (Wildman–Crippen MR) is 68.5 cm³/mol. The maximum atomic E-state index is 12.1. The first-order valence-corrected chi connectivity index (χ1v) is 6.97. The summed E-state index contributed by atoms with van der Waals surface area (Å²) >= 11 is 0. The van der Waals surface area contributed by atoms with Crippen molar-refractivity contribution in [1.82, 2.24) is 10.2 Å². The van der Waals surface area contributed by atoms with Crippen LogP contribution in [0.3, 0.4) is 0 Å². The molecule has 4 heteroatoms. The summed E-state index contributed by atoms with van der Waals surface area (Å²) in [5, 5.41) is 3.23. The van der Waals surface area contributed by atoms with Crippen LogP contribution in [0.5, 0.6) is 0 Å². The number of nitrogens with one attached hydrogen (secondary N) is 1. The van der Waals surface area contributed by atoms with Gasteiger partial charge in [-0.2, -0.15) is 0 Å². The summed E-state index contributed by atoms with van der Waals surface area (Å²) in [5.74, 6) is 0.882. The van der Waals surface area contributed by atoms with Gasteiger partial charge in [-0.15, -0.1) is 0 Å². The molecule has 0 aromatic carbocycles. The van der Waals surface area contributed by atoms with Crippen molar-refractivity contribution in [3.8, 4) is 0 Å². The van der Waals surface area contributed by atoms with Gasteiger partial charge >= 0.3 is 0 Å². The Morgan fingerprint density at radius 3 is 2.65 bits per heavy atom. The van der Waals surface area contributed by atoms with Gasteiger partial charge in [0.15, 0.2) is 0 Å². The molecule has 2 bridgehead atoms. The minimum Gasteiger partial charge on any atom is -0.352 e. The molecule has 0 saturated carbocycles. The SMILES string of the molecule is CCCC(CN)C(=O)NC1CN2CCC1CC2. The average Bonchev–Trinajstić information content (AvgIpc) is 2.37. The number of rotatable bonds is 5. The highest BCUT2D eigenvalue weighted by Gasteiger charge is 2.35. The van der Waals surface area contributed by atoms with Crippen LogP contribution in [0.1, 0.15) is 32.6 Å². The Kier molecular flexibility index (Phi) is 4.40. The smallest absolute Gasteiger partial charge is 0.224 e. The first-order valence-electron chi connectivity index (χ1n) is 6.97. The molecule has 17 heavy (non-hydrogen) atoms. The number of amides is 1. The van der Waals surface area contributed by atoms with Crippen molar-refractivity contribution in [3.05, 3.63) is 0 Å². The molecule has 0 aromatic rings. The number of carbonyl (C=O) groups excluding carboxylic acids is 1. The van der Waals surface area contributed by atoms with Gasteiger partial charge < -0.3 is 16.0 Å². The summed E-state index contributed by atoms with van der Waals surface area (Å²) in [6.45, 7) is 6.05. The molecular weight excluding hydrogens is 214 g/mol. The summed E-state index contributed by atoms with van der Waals surface area (Å²) in [7, 11) is 0. The molecule has 98 valence electrons. The zero-order valence-corrected chi connectivity index (χ0v) is 10.8. The van der Waals surface area contributed by atoms with Crippen molar-refractivity contribution in [2.75, 3.05) is 26.2 Å². The number of nitrogens with zero attached hydrogens (tertiary/aromatic N) is 1. The third kappa shape index (κ3) is 2.99. The highest BCUT2D eigenvalue weighted by molar-refractivity contribution is 5.79. The van der Waals surface area contributed by atoms with Crippen molar-refractivity contribution in [2.24, 2.45) is 17.6 Å². The van der Waals surface area contributed by atoms with Crippen LogP contribution in [-0.4, -0.2) is 43.0 Å². The van der Waals surface area contributed by atoms with Crippen LogP contribution in [0.15, 0.2) is 0 Å². The number of hydrogen-bond acceptors (Lipinski definition) is 3. The molecule has 3 aliphatic rings. The zero-order valence-electron chi connectivity index (χ0n) is 10.8. The minimum absolute atomic E-state index is 0.00968. The average molecular weight is 239 g/mol. The lowest BCUT2D eigenvalue weighted by atomic mass is 9.83. The Morgan fingerprint density at radius 2 is 2.18 bits per heavy atom. The molecular formula is C13H25N3O. The van der Waals surface area contributed by atoms with Gasteiger partial charge in [-0.25, -0.2) is 0 Å². The number of fused-ring (bicyclic) bond motifs is 3. The van der Waals surface area contributed by atoms with E-state index < -0.39 is 0 Å². The van der Waals surface area contributed by atoms with Gasteiger partial charge in [0.1, 0.15) is 0 Å². The van der Waals surface area contributed by atoms with E-state index in [1.54, 1.807) is 0 Å². The first kappa shape index (κ1) is 12.8. The summed E-state index contributed by atoms with van der Waals surface area (Å²) < 4.78 is 0. The molecule has 3 heterocycles. The van der Waals surface area contributed by atoms with Gasteiger partial charge in [0.25, 0.3) is 0 Å². The zero-order chi connectivity index (χ0) is 12.3. The van der Waals surface area contributed by atoms with Gasteiger partial charge in [0, 0.05) is 19.1 Å². The summed E-state index contributed by atoms with van der Waals surface area (Å²) in [6.07, 6.45) is 4.41. The van der Waals surface area contributed by atoms with Gasteiger partial charge in [0.2, 0.25) is 5.91 Å². The monoisotopic (exact) mass is 239 g/mol. The molecule has 3 rings (SSSR count). The highest BCUT2D eigenvalue weighted by Crippen LogP contribution is 2.27. The molecule has 2 atom stereocenters. The maximum Gasteiger partial charge on any atom is 0.224 e. The third-order valence-corrected chi connectivity index (χ3v) is 4.28. The van der Waals surface area contributed by atoms with Crippen LogP contribution in [0, 0.1) is 11.8 Å². The minimum atomic E-state index is 0.00968. The molecule has 2 unspecified atom stereocenters. The lowest BCUT2D eigenvalue weighted by Gasteiger charge is -2.45. The number of hydrogen-bond donors (Lipinski definition) is 2. The first-order chi connectivity index (χ1) is 8.24. The standard InChI is InChI=1S/C13H25N3O/c1-2-3-11(8-14)13(17)15-12-9-16-6-4-10(12)5-7-16/h10-12H,2-9,14H2,1H3,(H,15,17). The maximum absolute atomic E-state index is 12.1. The molecule has 1 amide bonds. The molecule has 3 aliphatic heterocycles. The lowest BCUT2D eigenvalue weighted by Crippen LogP contribution is -2.58. The van der Waals surface area contributed by atoms with Crippen molar-refractivity contribution < 1.29 is 4.79 Å². The summed E-state index contributed by atoms with van der Waals surface area (Å²) in [6, 6.07) is 0.371. The molecule has 4 nitrogen and oxygen atoms in total. The third-order valence-electron chi connectivity index (χ3n) is 4.28. The second kappa shape index (κ2) is 5.83. The summed E-state index contributed by atoms with van der Waals surface area (Å²) in [4.78, 5) is 14.6. The van der Waals surface area contributed by atoms with Crippen LogP contribution in [0.2, 0.25) is 0 Å². The quantitative estimate of drug-likeness (QED) is 0.737. The van der Waals surface area contributed by atoms with Crippen molar-refractivity contribution in [3.63, 3.8) is 0 Å². The van der Waals surface area contributed by atoms with E-state index in [-0.39, 0.29) is 11.8 Å². The van der Waals surface area contributed by atoms with Gasteiger partial charge in [-0.1, -0.05) is 13.3 Å². The Labute approximate surface area is 104 Å². The van der Waals surface area contributed by atoms with Crippen LogP contribution in [0.4, 0.5) is 0 Å². The van der Waals surface area contributed by atoms with Crippen LogP contribution in [-0.2, 0) is 4.79 Å². The van der Waals surface area contributed by atoms with Crippen molar-refractivity contribution >= 4 is 5.91 Å². The van der Waals surface area contributed by atoms with E-state index in [1.807, 2.05) is 0 Å². The molecule has 3 N–H and O–H groups in total. The molecule has 0 aliphatic carbocycles. The fourth-order valence-corrected chi connectivity index (χ4v) is 3.13. The topological polar surface area (TPSA) is 58.4 Å². The predicted octanol–water partition coefficient (Wildman–Crippen LogP) is 0.572. The van der Waals surface area contributed by atoms with Gasteiger partial charge in [0.05, 0.1) is 5.92 Å². The number of piperidine rings is 3. The fraction of sp³-hybridized carbons (Fsp3) is 0.923. The van der Waals surface area contributed by atoms with Crippen LogP contribution >= 0.6 is 0 Å². The number of carbonyl (C=O) groups is 1. The normalized spacial score (nSPS) is 33.4. The van der Waals surface area contributed by atoms with E-state index >= 15 is 0 Å². The van der Waals surface area contributed by atoms with E-state index in [9.17, 15) is 4.79 Å². The van der Waals surface area contributed by atoms with E-state index in [0.717, 1.165) is 19.4 Å². The molecule has 0 spiro atoms. The van der Waals surface area contributed by atoms with E-state index in [1.165, 1.54) is 25.9 Å². The Balaban J connectivity index is 1.85. The summed E-state index contributed by atoms with van der Waals surface area (Å²) in [5.41, 5.74) is 5.67. The molecule has 0 radical (unpaired) electrons. The number of nitrogens with two attached hydrogens (primary N) is 1. The van der Waals surface area contributed by atoms with E-state index in [0.29, 0.717) is 18.5 Å². The molecule has 0 aromatic heterocycles. The Bertz CT molecular complexity index is 261. The highest BCUT2D eigenvalue weighted by atomic mass is 16.2.